The van der Waals surface area contributed by atoms with E-state index in [1.54, 1.807) is 0 Å². The maximum atomic E-state index is 5.52. The van der Waals surface area contributed by atoms with Gasteiger partial charge < -0.3 is 14.8 Å². The number of hydrogen-bond donors (Lipinski definition) is 1. The van der Waals surface area contributed by atoms with Crippen LogP contribution in [0.15, 0.2) is 12.7 Å². The molecule has 112 valence electrons. The number of allylic oxidation sites excluding steroid dienone is 1. The number of rotatable bonds is 10. The molecule has 1 heterocycles. The minimum atomic E-state index is 0.00467. The molecular formula is C14H24N4O2. The molecule has 0 fully saturated rings. The molecule has 0 saturated carbocycles. The van der Waals surface area contributed by atoms with Crippen molar-refractivity contribution in [2.24, 2.45) is 0 Å². The fourth-order valence-electron chi connectivity index (χ4n) is 1.37. The summed E-state index contributed by atoms with van der Waals surface area (Å²) < 4.78 is 11.0. The van der Waals surface area contributed by atoms with Crippen LogP contribution in [-0.4, -0.2) is 34.2 Å². The van der Waals surface area contributed by atoms with E-state index in [0.717, 1.165) is 25.8 Å². The van der Waals surface area contributed by atoms with Crippen molar-refractivity contribution in [2.45, 2.75) is 46.1 Å². The Balaban J connectivity index is 2.71. The van der Waals surface area contributed by atoms with Crippen LogP contribution in [0.4, 0.5) is 5.95 Å². The van der Waals surface area contributed by atoms with Crippen LogP contribution in [-0.2, 0) is 0 Å². The third-order valence-electron chi connectivity index (χ3n) is 2.25. The first-order valence-corrected chi connectivity index (χ1v) is 7.06. The van der Waals surface area contributed by atoms with Gasteiger partial charge in [-0.05, 0) is 33.1 Å². The van der Waals surface area contributed by atoms with Crippen molar-refractivity contribution >= 4 is 5.95 Å². The van der Waals surface area contributed by atoms with Gasteiger partial charge in [-0.2, -0.15) is 9.97 Å². The molecule has 6 nitrogen and oxygen atoms in total. The molecule has 0 aliphatic carbocycles. The van der Waals surface area contributed by atoms with Crippen LogP contribution in [0.1, 0.15) is 40.0 Å². The summed E-state index contributed by atoms with van der Waals surface area (Å²) in [5, 5.41) is 3.11. The van der Waals surface area contributed by atoms with E-state index in [9.17, 15) is 0 Å². The van der Waals surface area contributed by atoms with Crippen LogP contribution in [0.5, 0.6) is 12.0 Å². The summed E-state index contributed by atoms with van der Waals surface area (Å²) in [5.41, 5.74) is 0. The smallest absolute Gasteiger partial charge is 0.324 e. The molecule has 6 heteroatoms. The lowest BCUT2D eigenvalue weighted by Crippen LogP contribution is -2.13. The second-order valence-corrected chi connectivity index (χ2v) is 4.60. The van der Waals surface area contributed by atoms with Crippen molar-refractivity contribution in [2.75, 3.05) is 18.5 Å². The Kier molecular flexibility index (Phi) is 7.39. The summed E-state index contributed by atoms with van der Waals surface area (Å²) in [6, 6.07) is 0.575. The second-order valence-electron chi connectivity index (χ2n) is 4.60. The molecule has 20 heavy (non-hydrogen) atoms. The predicted octanol–water partition coefficient (Wildman–Crippen LogP) is 2.83. The van der Waals surface area contributed by atoms with Crippen molar-refractivity contribution in [3.8, 4) is 12.0 Å². The standard InChI is InChI=1S/C14H24N4O2/c1-5-7-8-10-19-13-16-12(15-9-6-2)17-14(18-13)20-11(3)4/h5,11H,1,6-10H2,2-4H3,(H,15,16,17,18). The largest absolute Gasteiger partial charge is 0.463 e. The molecule has 0 aliphatic heterocycles. The topological polar surface area (TPSA) is 69.2 Å². The van der Waals surface area contributed by atoms with Crippen molar-refractivity contribution in [3.05, 3.63) is 12.7 Å². The van der Waals surface area contributed by atoms with Crippen LogP contribution in [0, 0.1) is 0 Å². The lowest BCUT2D eigenvalue weighted by molar-refractivity contribution is 0.213. The molecule has 0 radical (unpaired) electrons. The quantitative estimate of drug-likeness (QED) is 0.525. The highest BCUT2D eigenvalue weighted by molar-refractivity contribution is 5.27. The van der Waals surface area contributed by atoms with Crippen LogP contribution < -0.4 is 14.8 Å². The third kappa shape index (κ3) is 6.36. The molecular weight excluding hydrogens is 256 g/mol. The van der Waals surface area contributed by atoms with Gasteiger partial charge in [0.1, 0.15) is 0 Å². The molecule has 1 N–H and O–H groups in total. The van der Waals surface area contributed by atoms with E-state index < -0.39 is 0 Å². The van der Waals surface area contributed by atoms with Crippen LogP contribution >= 0.6 is 0 Å². The maximum Gasteiger partial charge on any atom is 0.324 e. The predicted molar refractivity (Wildman–Crippen MR) is 79.3 cm³/mol. The molecule has 1 aromatic heterocycles. The average Bonchev–Trinajstić information content (AvgIpc) is 2.40. The summed E-state index contributed by atoms with van der Waals surface area (Å²) in [6.07, 6.45) is 4.64. The van der Waals surface area contributed by atoms with Gasteiger partial charge in [0.15, 0.2) is 0 Å². The van der Waals surface area contributed by atoms with Crippen molar-refractivity contribution < 1.29 is 9.47 Å². The maximum absolute atomic E-state index is 5.52. The van der Waals surface area contributed by atoms with Gasteiger partial charge in [-0.1, -0.05) is 13.0 Å². The van der Waals surface area contributed by atoms with Crippen LogP contribution in [0.25, 0.3) is 0 Å². The number of ether oxygens (including phenoxy) is 2. The minimum absolute atomic E-state index is 0.00467. The number of nitrogens with zero attached hydrogens (tertiary/aromatic N) is 3. The van der Waals surface area contributed by atoms with E-state index in [2.05, 4.69) is 33.8 Å². The van der Waals surface area contributed by atoms with Gasteiger partial charge >= 0.3 is 12.0 Å². The highest BCUT2D eigenvalue weighted by atomic mass is 16.5. The Morgan fingerprint density at radius 3 is 2.65 bits per heavy atom. The van der Waals surface area contributed by atoms with E-state index in [1.807, 2.05) is 19.9 Å². The minimum Gasteiger partial charge on any atom is -0.463 e. The third-order valence-corrected chi connectivity index (χ3v) is 2.25. The Morgan fingerprint density at radius 1 is 1.25 bits per heavy atom. The molecule has 0 atom stereocenters. The summed E-state index contributed by atoms with van der Waals surface area (Å²) in [4.78, 5) is 12.6. The number of anilines is 1. The SMILES string of the molecule is C=CCCCOc1nc(NCCC)nc(OC(C)C)n1. The first-order valence-electron chi connectivity index (χ1n) is 7.06. The Hall–Kier alpha value is -1.85. The summed E-state index contributed by atoms with van der Waals surface area (Å²) in [5.74, 6) is 0.483. The number of nitrogens with one attached hydrogen (secondary N) is 1. The Labute approximate surface area is 120 Å². The average molecular weight is 280 g/mol. The molecule has 0 aromatic carbocycles. The molecule has 0 saturated heterocycles. The summed E-state index contributed by atoms with van der Waals surface area (Å²) in [6.45, 7) is 10.9. The molecule has 0 aliphatic rings. The molecule has 0 spiro atoms. The number of unbranched alkanes of at least 4 members (excludes halogenated alkanes) is 1. The van der Waals surface area contributed by atoms with E-state index in [-0.39, 0.29) is 12.1 Å². The monoisotopic (exact) mass is 280 g/mol. The zero-order valence-electron chi connectivity index (χ0n) is 12.6. The highest BCUT2D eigenvalue weighted by Gasteiger charge is 2.09. The number of aromatic nitrogens is 3. The van der Waals surface area contributed by atoms with Gasteiger partial charge in [-0.25, -0.2) is 0 Å². The van der Waals surface area contributed by atoms with Gasteiger partial charge in [0.2, 0.25) is 5.95 Å². The summed E-state index contributed by atoms with van der Waals surface area (Å²) >= 11 is 0. The van der Waals surface area contributed by atoms with E-state index >= 15 is 0 Å². The van der Waals surface area contributed by atoms with Crippen molar-refractivity contribution in [1.29, 1.82) is 0 Å². The Bertz CT molecular complexity index is 410. The molecule has 1 aromatic rings. The van der Waals surface area contributed by atoms with E-state index in [1.165, 1.54) is 0 Å². The van der Waals surface area contributed by atoms with Gasteiger partial charge in [0.05, 0.1) is 12.7 Å². The molecule has 0 unspecified atom stereocenters. The first kappa shape index (κ1) is 16.2. The normalized spacial score (nSPS) is 10.4. The fourth-order valence-corrected chi connectivity index (χ4v) is 1.37. The second kappa shape index (κ2) is 9.12. The van der Waals surface area contributed by atoms with E-state index in [0.29, 0.717) is 18.6 Å². The zero-order valence-corrected chi connectivity index (χ0v) is 12.6. The highest BCUT2D eigenvalue weighted by Crippen LogP contribution is 2.14. The number of hydrogen-bond acceptors (Lipinski definition) is 6. The Morgan fingerprint density at radius 2 is 2.00 bits per heavy atom. The van der Waals surface area contributed by atoms with Gasteiger partial charge in [0, 0.05) is 6.54 Å². The lowest BCUT2D eigenvalue weighted by Gasteiger charge is -2.11. The van der Waals surface area contributed by atoms with Gasteiger partial charge in [-0.15, -0.1) is 11.6 Å². The lowest BCUT2D eigenvalue weighted by atomic mass is 10.3. The summed E-state index contributed by atoms with van der Waals surface area (Å²) in [7, 11) is 0. The van der Waals surface area contributed by atoms with Crippen LogP contribution in [0.3, 0.4) is 0 Å². The molecule has 1 rings (SSSR count). The molecule has 0 amide bonds. The van der Waals surface area contributed by atoms with E-state index in [4.69, 9.17) is 9.47 Å². The molecule has 0 bridgehead atoms. The fraction of sp³-hybridized carbons (Fsp3) is 0.643. The van der Waals surface area contributed by atoms with Gasteiger partial charge in [-0.3, -0.25) is 0 Å². The van der Waals surface area contributed by atoms with Gasteiger partial charge in [0.25, 0.3) is 0 Å². The zero-order chi connectivity index (χ0) is 14.8. The van der Waals surface area contributed by atoms with Crippen LogP contribution in [0.2, 0.25) is 0 Å². The van der Waals surface area contributed by atoms with Crippen molar-refractivity contribution in [1.82, 2.24) is 15.0 Å². The van der Waals surface area contributed by atoms with Crippen molar-refractivity contribution in [3.63, 3.8) is 0 Å². The first-order chi connectivity index (χ1) is 9.65.